The van der Waals surface area contributed by atoms with Gasteiger partial charge in [-0.3, -0.25) is 19.7 Å². The zero-order valence-electron chi connectivity index (χ0n) is 19.1. The summed E-state index contributed by atoms with van der Waals surface area (Å²) in [6, 6.07) is 7.97. The minimum Gasteiger partial charge on any atom is -0.496 e. The maximum atomic E-state index is 13.5. The van der Waals surface area contributed by atoms with E-state index in [0.29, 0.717) is 0 Å². The number of ether oxygens (including phenoxy) is 3. The molecule has 0 saturated heterocycles. The van der Waals surface area contributed by atoms with Crippen LogP contribution < -0.4 is 9.47 Å². The predicted molar refractivity (Wildman–Crippen MR) is 123 cm³/mol. The van der Waals surface area contributed by atoms with Crippen molar-refractivity contribution in [2.24, 2.45) is 0 Å². The lowest BCUT2D eigenvalue weighted by molar-refractivity contribution is -0.384. The molecule has 3 rings (SSSR count). The lowest BCUT2D eigenvalue weighted by atomic mass is 9.85. The van der Waals surface area contributed by atoms with E-state index in [1.807, 2.05) is 13.8 Å². The number of nitro groups is 1. The van der Waals surface area contributed by atoms with Crippen molar-refractivity contribution in [3.8, 4) is 11.5 Å². The van der Waals surface area contributed by atoms with E-state index in [9.17, 15) is 24.5 Å². The van der Waals surface area contributed by atoms with Crippen molar-refractivity contribution in [3.63, 3.8) is 0 Å². The predicted octanol–water partition coefficient (Wildman–Crippen LogP) is 4.50. The van der Waals surface area contributed by atoms with Gasteiger partial charge in [0.25, 0.3) is 5.69 Å². The second-order valence-electron chi connectivity index (χ2n) is 7.73. The van der Waals surface area contributed by atoms with Gasteiger partial charge in [-0.1, -0.05) is 11.6 Å². The number of hydrogen-bond donors (Lipinski definition) is 0. The summed E-state index contributed by atoms with van der Waals surface area (Å²) < 4.78 is 16.2. The van der Waals surface area contributed by atoms with Crippen LogP contribution >= 0.6 is 0 Å². The highest BCUT2D eigenvalue weighted by Gasteiger charge is 2.36. The van der Waals surface area contributed by atoms with Crippen molar-refractivity contribution >= 4 is 23.2 Å². The number of ketones is 2. The lowest BCUT2D eigenvalue weighted by Crippen LogP contribution is -2.29. The Morgan fingerprint density at radius 1 is 1.00 bits per heavy atom. The highest BCUT2D eigenvalue weighted by atomic mass is 16.6. The topological polar surface area (TPSA) is 122 Å². The number of fused-ring (bicyclic) bond motifs is 1. The molecule has 0 heterocycles. The maximum absolute atomic E-state index is 13.5. The largest absolute Gasteiger partial charge is 0.496 e. The molecule has 0 spiro atoms. The van der Waals surface area contributed by atoms with Crippen LogP contribution in [-0.4, -0.2) is 42.8 Å². The van der Waals surface area contributed by atoms with E-state index in [-0.39, 0.29) is 45.9 Å². The van der Waals surface area contributed by atoms with Crippen LogP contribution in [0.25, 0.3) is 0 Å². The summed E-state index contributed by atoms with van der Waals surface area (Å²) in [5.74, 6) is -1.36. The molecule has 0 amide bonds. The Balaban J connectivity index is 2.01. The number of rotatable bonds is 8. The SMILES string of the molecule is COc1ccc(OC)c2c1C(=O)C=C([C@@H](CC=C(C)C)OC(=O)c1ccc([N+](=O)[O-])cc1)C2=O. The summed E-state index contributed by atoms with van der Waals surface area (Å²) in [5.41, 5.74) is 0.938. The van der Waals surface area contributed by atoms with Crippen molar-refractivity contribution in [2.75, 3.05) is 14.2 Å². The minimum absolute atomic E-state index is 0.00295. The van der Waals surface area contributed by atoms with Gasteiger partial charge in [0.1, 0.15) is 17.6 Å². The molecular weight excluding hydrogens is 442 g/mol. The molecule has 9 heteroatoms. The maximum Gasteiger partial charge on any atom is 0.338 e. The normalized spacial score (nSPS) is 13.4. The third-order valence-electron chi connectivity index (χ3n) is 5.24. The fourth-order valence-corrected chi connectivity index (χ4v) is 3.53. The van der Waals surface area contributed by atoms with Crippen LogP contribution in [0.3, 0.4) is 0 Å². The highest BCUT2D eigenvalue weighted by molar-refractivity contribution is 6.27. The number of nitro benzene ring substituents is 1. The summed E-state index contributed by atoms with van der Waals surface area (Å²) in [6.07, 6.45) is 2.01. The first-order valence-corrected chi connectivity index (χ1v) is 10.3. The van der Waals surface area contributed by atoms with Crippen molar-refractivity contribution in [1.29, 1.82) is 0 Å². The van der Waals surface area contributed by atoms with Crippen molar-refractivity contribution in [3.05, 3.63) is 86.5 Å². The average molecular weight is 465 g/mol. The molecule has 0 aromatic heterocycles. The Morgan fingerprint density at radius 2 is 1.59 bits per heavy atom. The number of non-ortho nitro benzene ring substituents is 1. The molecule has 176 valence electrons. The molecule has 1 aliphatic carbocycles. The number of Topliss-reactive ketones (excluding diaryl/α,β-unsaturated/α-hetero) is 1. The summed E-state index contributed by atoms with van der Waals surface area (Å²) in [7, 11) is 2.77. The number of methoxy groups -OCH3 is 2. The van der Waals surface area contributed by atoms with Crippen LogP contribution in [0, 0.1) is 10.1 Å². The molecule has 0 unspecified atom stereocenters. The van der Waals surface area contributed by atoms with Crippen molar-refractivity contribution in [1.82, 2.24) is 0 Å². The van der Waals surface area contributed by atoms with E-state index >= 15 is 0 Å². The van der Waals surface area contributed by atoms with E-state index in [1.54, 1.807) is 6.08 Å². The standard InChI is InChI=1S/C25H23NO8/c1-14(2)5-10-19(34-25(29)15-6-8-16(9-7-15)26(30)31)17-13-18(27)22-20(32-3)11-12-21(33-4)23(22)24(17)28/h5-9,11-13,19H,10H2,1-4H3/t19-/m1/s1. The lowest BCUT2D eigenvalue weighted by Gasteiger charge is -2.24. The zero-order valence-corrected chi connectivity index (χ0v) is 19.1. The number of benzene rings is 2. The van der Waals surface area contributed by atoms with E-state index in [0.717, 1.165) is 11.6 Å². The van der Waals surface area contributed by atoms with Gasteiger partial charge in [0.15, 0.2) is 11.6 Å². The van der Waals surface area contributed by atoms with Gasteiger partial charge < -0.3 is 14.2 Å². The van der Waals surface area contributed by atoms with Gasteiger partial charge in [0, 0.05) is 24.1 Å². The molecular formula is C25H23NO8. The highest BCUT2D eigenvalue weighted by Crippen LogP contribution is 2.37. The third kappa shape index (κ3) is 4.88. The van der Waals surface area contributed by atoms with E-state index < -0.39 is 28.6 Å². The molecule has 9 nitrogen and oxygen atoms in total. The molecule has 2 aromatic carbocycles. The molecule has 1 aliphatic rings. The van der Waals surface area contributed by atoms with Gasteiger partial charge in [-0.2, -0.15) is 0 Å². The first kappa shape index (κ1) is 24.4. The monoisotopic (exact) mass is 465 g/mol. The molecule has 2 aromatic rings. The van der Waals surface area contributed by atoms with Crippen LogP contribution in [0.15, 0.2) is 59.7 Å². The van der Waals surface area contributed by atoms with Crippen molar-refractivity contribution in [2.45, 2.75) is 26.4 Å². The van der Waals surface area contributed by atoms with Gasteiger partial charge in [-0.15, -0.1) is 0 Å². The van der Waals surface area contributed by atoms with Crippen LogP contribution in [0.4, 0.5) is 5.69 Å². The number of esters is 1. The Kier molecular flexibility index (Phi) is 7.25. The number of nitrogens with zero attached hydrogens (tertiary/aromatic N) is 1. The molecule has 0 radical (unpaired) electrons. The Morgan fingerprint density at radius 3 is 2.12 bits per heavy atom. The van der Waals surface area contributed by atoms with Crippen LogP contribution in [-0.2, 0) is 4.74 Å². The van der Waals surface area contributed by atoms with Gasteiger partial charge in [0.05, 0.1) is 35.8 Å². The molecule has 0 fully saturated rings. The fourth-order valence-electron chi connectivity index (χ4n) is 3.53. The number of carbonyl (C=O) groups excluding carboxylic acids is 3. The molecule has 34 heavy (non-hydrogen) atoms. The van der Waals surface area contributed by atoms with E-state index in [1.165, 1.54) is 50.6 Å². The Bertz CT molecular complexity index is 1220. The van der Waals surface area contributed by atoms with Crippen LogP contribution in [0.2, 0.25) is 0 Å². The van der Waals surface area contributed by atoms with Crippen molar-refractivity contribution < 1.29 is 33.5 Å². The third-order valence-corrected chi connectivity index (χ3v) is 5.24. The molecule has 0 saturated carbocycles. The van der Waals surface area contributed by atoms with E-state index in [2.05, 4.69) is 0 Å². The first-order chi connectivity index (χ1) is 16.2. The Hall–Kier alpha value is -4.27. The van der Waals surface area contributed by atoms with Gasteiger partial charge >= 0.3 is 5.97 Å². The summed E-state index contributed by atoms with van der Waals surface area (Å²) in [6.45, 7) is 3.70. The molecule has 0 N–H and O–H groups in total. The van der Waals surface area contributed by atoms with Crippen LogP contribution in [0.5, 0.6) is 11.5 Å². The minimum atomic E-state index is -1.07. The number of hydrogen-bond acceptors (Lipinski definition) is 8. The van der Waals surface area contributed by atoms with Gasteiger partial charge in [-0.05, 0) is 44.2 Å². The van der Waals surface area contributed by atoms with Gasteiger partial charge in [-0.25, -0.2) is 4.79 Å². The average Bonchev–Trinajstić information content (AvgIpc) is 2.82. The molecule has 0 aliphatic heterocycles. The second-order valence-corrected chi connectivity index (χ2v) is 7.73. The first-order valence-electron chi connectivity index (χ1n) is 10.3. The molecule has 0 bridgehead atoms. The number of carbonyl (C=O) groups is 3. The van der Waals surface area contributed by atoms with Gasteiger partial charge in [0.2, 0.25) is 0 Å². The second kappa shape index (κ2) is 10.1. The summed E-state index contributed by atoms with van der Waals surface area (Å²) >= 11 is 0. The smallest absolute Gasteiger partial charge is 0.338 e. The van der Waals surface area contributed by atoms with E-state index in [4.69, 9.17) is 14.2 Å². The molecule has 1 atom stereocenters. The summed E-state index contributed by atoms with van der Waals surface area (Å²) in [5, 5.41) is 10.9. The summed E-state index contributed by atoms with van der Waals surface area (Å²) in [4.78, 5) is 49.6. The quantitative estimate of drug-likeness (QED) is 0.242. The number of allylic oxidation sites excluding steroid dienone is 2. The Labute approximate surface area is 195 Å². The zero-order chi connectivity index (χ0) is 25.0. The van der Waals surface area contributed by atoms with Crippen LogP contribution in [0.1, 0.15) is 51.3 Å². The fraction of sp³-hybridized carbons (Fsp3) is 0.240.